The molecule has 2 saturated heterocycles. The molecule has 3 amide bonds. The lowest BCUT2D eigenvalue weighted by Crippen LogP contribution is -2.48. The Kier molecular flexibility index (Phi) is 8.39. The lowest BCUT2D eigenvalue weighted by molar-refractivity contribution is 0.0221. The summed E-state index contributed by atoms with van der Waals surface area (Å²) in [5.74, 6) is 1.57. The van der Waals surface area contributed by atoms with E-state index in [1.165, 1.54) is 0 Å². The number of carbonyl (C=O) groups excluding carboxylic acids is 2. The number of hydrogen-bond donors (Lipinski definition) is 3. The first kappa shape index (κ1) is 31.4. The quantitative estimate of drug-likeness (QED) is 0.209. The van der Waals surface area contributed by atoms with Gasteiger partial charge in [0.25, 0.3) is 0 Å². The number of aromatic amines is 2. The van der Waals surface area contributed by atoms with E-state index in [1.54, 1.807) is 4.90 Å². The zero-order chi connectivity index (χ0) is 32.6. The molecule has 2 aliphatic heterocycles. The van der Waals surface area contributed by atoms with Gasteiger partial charge in [0.15, 0.2) is 0 Å². The molecule has 0 radical (unpaired) electrons. The molecule has 0 saturated carbocycles. The highest BCUT2D eigenvalue weighted by atomic mass is 16.6. The van der Waals surface area contributed by atoms with Gasteiger partial charge in [0.1, 0.15) is 17.2 Å². The minimum atomic E-state index is -0.530. The summed E-state index contributed by atoms with van der Waals surface area (Å²) in [5.41, 5.74) is 5.24. The maximum absolute atomic E-state index is 12.9. The van der Waals surface area contributed by atoms with Crippen molar-refractivity contribution in [1.82, 2.24) is 35.1 Å². The largest absolute Gasteiger partial charge is 0.444 e. The van der Waals surface area contributed by atoms with Crippen molar-refractivity contribution in [2.24, 2.45) is 0 Å². The van der Waals surface area contributed by atoms with Crippen molar-refractivity contribution in [1.29, 1.82) is 0 Å². The zero-order valence-electron chi connectivity index (χ0n) is 27.7. The molecule has 0 bridgehead atoms. The molecule has 6 rings (SSSR count). The van der Waals surface area contributed by atoms with Gasteiger partial charge in [-0.15, -0.1) is 0 Å². The van der Waals surface area contributed by atoms with Crippen LogP contribution in [0.15, 0.2) is 60.9 Å². The second kappa shape index (κ2) is 12.3. The highest BCUT2D eigenvalue weighted by molar-refractivity contribution is 5.76. The SMILES string of the molecule is CC(C)(C)NC(=O)N1CCCC1c1cnc(-c2ccc(-c3ccc(-c4ncc(C5CCCN5C(=O)OC(C)(C)C)[nH]4)cc3)cc2)[nH]1. The maximum Gasteiger partial charge on any atom is 0.410 e. The van der Waals surface area contributed by atoms with Crippen molar-refractivity contribution >= 4 is 12.1 Å². The van der Waals surface area contributed by atoms with Gasteiger partial charge in [-0.2, -0.15) is 0 Å². The Hall–Kier alpha value is -4.60. The summed E-state index contributed by atoms with van der Waals surface area (Å²) in [6.07, 6.45) is 7.11. The van der Waals surface area contributed by atoms with Gasteiger partial charge >= 0.3 is 12.1 Å². The van der Waals surface area contributed by atoms with Crippen LogP contribution < -0.4 is 5.32 Å². The Balaban J connectivity index is 1.11. The molecule has 0 spiro atoms. The predicted octanol–water partition coefficient (Wildman–Crippen LogP) is 7.85. The number of nitrogens with one attached hydrogen (secondary N) is 3. The molecule has 3 N–H and O–H groups in total. The number of hydrogen-bond acceptors (Lipinski definition) is 5. The summed E-state index contributed by atoms with van der Waals surface area (Å²) < 4.78 is 5.63. The third-order valence-corrected chi connectivity index (χ3v) is 8.44. The molecule has 2 atom stereocenters. The topological polar surface area (TPSA) is 119 Å². The molecule has 4 aromatic rings. The lowest BCUT2D eigenvalue weighted by atomic mass is 10.0. The van der Waals surface area contributed by atoms with Crippen molar-refractivity contribution in [2.45, 2.75) is 90.4 Å². The first-order valence-electron chi connectivity index (χ1n) is 16.2. The van der Waals surface area contributed by atoms with Crippen LogP contribution in [0.4, 0.5) is 9.59 Å². The molecule has 4 heterocycles. The number of rotatable bonds is 5. The molecule has 2 aromatic heterocycles. The molecule has 46 heavy (non-hydrogen) atoms. The average Bonchev–Trinajstić information content (AvgIpc) is 3.82. The summed E-state index contributed by atoms with van der Waals surface area (Å²) in [7, 11) is 0. The number of likely N-dealkylation sites (tertiary alicyclic amines) is 2. The summed E-state index contributed by atoms with van der Waals surface area (Å²) in [6.45, 7) is 13.1. The van der Waals surface area contributed by atoms with Crippen molar-refractivity contribution in [2.75, 3.05) is 13.1 Å². The van der Waals surface area contributed by atoms with Crippen molar-refractivity contribution in [3.8, 4) is 33.9 Å². The van der Waals surface area contributed by atoms with E-state index in [-0.39, 0.29) is 29.7 Å². The van der Waals surface area contributed by atoms with Gasteiger partial charge in [0.05, 0.1) is 35.9 Å². The summed E-state index contributed by atoms with van der Waals surface area (Å²) in [5, 5.41) is 3.09. The molecule has 10 heteroatoms. The van der Waals surface area contributed by atoms with Crippen LogP contribution in [0, 0.1) is 0 Å². The molecular formula is C36H45N7O3. The first-order valence-corrected chi connectivity index (χ1v) is 16.2. The van der Waals surface area contributed by atoms with Crippen LogP contribution >= 0.6 is 0 Å². The summed E-state index contributed by atoms with van der Waals surface area (Å²) in [6, 6.07) is 16.5. The van der Waals surface area contributed by atoms with E-state index in [2.05, 4.69) is 73.8 Å². The molecule has 2 unspecified atom stereocenters. The highest BCUT2D eigenvalue weighted by Crippen LogP contribution is 2.35. The molecular weight excluding hydrogens is 578 g/mol. The average molecular weight is 624 g/mol. The third kappa shape index (κ3) is 6.95. The Morgan fingerprint density at radius 2 is 1.15 bits per heavy atom. The Morgan fingerprint density at radius 1 is 0.717 bits per heavy atom. The normalized spacial score (nSPS) is 18.7. The van der Waals surface area contributed by atoms with Gasteiger partial charge in [0, 0.05) is 29.8 Å². The number of amides is 3. The first-order chi connectivity index (χ1) is 21.8. The van der Waals surface area contributed by atoms with Gasteiger partial charge in [-0.25, -0.2) is 19.6 Å². The number of urea groups is 1. The van der Waals surface area contributed by atoms with Crippen LogP contribution in [0.1, 0.15) is 90.7 Å². The summed E-state index contributed by atoms with van der Waals surface area (Å²) >= 11 is 0. The number of benzene rings is 2. The number of carbonyl (C=O) groups is 2. The van der Waals surface area contributed by atoms with Crippen LogP contribution in [0.25, 0.3) is 33.9 Å². The standard InChI is InChI=1S/C36H45N7O3/c1-35(2,3)41-33(44)42-19-7-9-29(42)27-21-37-31(39-27)25-15-11-23(12-16-25)24-13-17-26(18-14-24)32-38-22-28(40-32)30-10-8-20-43(30)34(45)46-36(4,5)6/h11-18,21-22,29-30H,7-10,19-20H2,1-6H3,(H,37,39)(H,38,40)(H,41,44). The van der Waals surface area contributed by atoms with Crippen molar-refractivity contribution < 1.29 is 14.3 Å². The van der Waals surface area contributed by atoms with Gasteiger partial charge in [-0.3, -0.25) is 4.90 Å². The summed E-state index contributed by atoms with van der Waals surface area (Å²) in [4.78, 5) is 45.6. The van der Waals surface area contributed by atoms with E-state index in [4.69, 9.17) is 4.74 Å². The monoisotopic (exact) mass is 623 g/mol. The fourth-order valence-electron chi connectivity index (χ4n) is 6.30. The lowest BCUT2D eigenvalue weighted by Gasteiger charge is -2.29. The number of nitrogens with zero attached hydrogens (tertiary/aromatic N) is 4. The van der Waals surface area contributed by atoms with E-state index >= 15 is 0 Å². The van der Waals surface area contributed by atoms with Crippen molar-refractivity contribution in [3.05, 3.63) is 72.3 Å². The maximum atomic E-state index is 12.9. The molecule has 242 valence electrons. The number of aromatic nitrogens is 4. The molecule has 0 aliphatic carbocycles. The smallest absolute Gasteiger partial charge is 0.410 e. The second-order valence-electron chi connectivity index (χ2n) is 14.4. The molecule has 2 aromatic carbocycles. The van der Waals surface area contributed by atoms with E-state index < -0.39 is 5.60 Å². The Labute approximate surface area is 271 Å². The highest BCUT2D eigenvalue weighted by Gasteiger charge is 2.35. The predicted molar refractivity (Wildman–Crippen MR) is 179 cm³/mol. The Morgan fingerprint density at radius 3 is 1.61 bits per heavy atom. The fraction of sp³-hybridized carbons (Fsp3) is 0.444. The number of ether oxygens (including phenoxy) is 1. The third-order valence-electron chi connectivity index (χ3n) is 8.44. The van der Waals surface area contributed by atoms with Gasteiger partial charge in [-0.1, -0.05) is 48.5 Å². The zero-order valence-corrected chi connectivity index (χ0v) is 27.7. The van der Waals surface area contributed by atoms with Crippen LogP contribution in [0.5, 0.6) is 0 Å². The van der Waals surface area contributed by atoms with Gasteiger partial charge in [0.2, 0.25) is 0 Å². The Bertz CT molecular complexity index is 1550. The fourth-order valence-corrected chi connectivity index (χ4v) is 6.30. The number of H-pyrrole nitrogens is 2. The number of imidazole rings is 2. The van der Waals surface area contributed by atoms with Crippen LogP contribution in [0.3, 0.4) is 0 Å². The second-order valence-corrected chi connectivity index (χ2v) is 14.4. The minimum absolute atomic E-state index is 0.00583. The minimum Gasteiger partial charge on any atom is -0.444 e. The van der Waals surface area contributed by atoms with Crippen LogP contribution in [-0.4, -0.2) is 66.1 Å². The van der Waals surface area contributed by atoms with Gasteiger partial charge < -0.3 is 24.9 Å². The van der Waals surface area contributed by atoms with E-state index in [0.717, 1.165) is 77.5 Å². The molecule has 2 fully saturated rings. The van der Waals surface area contributed by atoms with E-state index in [1.807, 2.05) is 58.8 Å². The van der Waals surface area contributed by atoms with E-state index in [9.17, 15) is 9.59 Å². The molecule has 2 aliphatic rings. The van der Waals surface area contributed by atoms with Crippen LogP contribution in [0.2, 0.25) is 0 Å². The van der Waals surface area contributed by atoms with Crippen molar-refractivity contribution in [3.63, 3.8) is 0 Å². The van der Waals surface area contributed by atoms with E-state index in [0.29, 0.717) is 6.54 Å². The molecule has 10 nitrogen and oxygen atoms in total. The van der Waals surface area contributed by atoms with Crippen LogP contribution in [-0.2, 0) is 4.74 Å². The van der Waals surface area contributed by atoms with Gasteiger partial charge in [-0.05, 0) is 78.4 Å².